The van der Waals surface area contributed by atoms with Crippen LogP contribution in [0.2, 0.25) is 10.0 Å². The third-order valence-corrected chi connectivity index (χ3v) is 5.06. The zero-order valence-corrected chi connectivity index (χ0v) is 17.0. The maximum absolute atomic E-state index is 10.6. The Bertz CT molecular complexity index is 939. The van der Waals surface area contributed by atoms with Crippen molar-refractivity contribution in [3.8, 4) is 5.75 Å². The second-order valence-electron chi connectivity index (χ2n) is 6.29. The predicted molar refractivity (Wildman–Crippen MR) is 107 cm³/mol. The minimum absolute atomic E-state index is 0.104. The van der Waals surface area contributed by atoms with E-state index in [0.29, 0.717) is 23.2 Å². The quantitative estimate of drug-likeness (QED) is 0.460. The molecule has 3 rings (SSSR count). The summed E-state index contributed by atoms with van der Waals surface area (Å²) in [7, 11) is 0. The summed E-state index contributed by atoms with van der Waals surface area (Å²) in [6, 6.07) is 11.5. The third kappa shape index (κ3) is 6.43. The molecule has 0 spiro atoms. The number of nitrogens with one attached hydrogen (secondary N) is 1. The van der Waals surface area contributed by atoms with Gasteiger partial charge in [0.25, 0.3) is 0 Å². The number of benzene rings is 2. The first-order valence-corrected chi connectivity index (χ1v) is 9.31. The number of rotatable bonds is 3. The minimum Gasteiger partial charge on any atom is -0.489 e. The number of hydrogen-bond donors (Lipinski definition) is 3. The van der Waals surface area contributed by atoms with Gasteiger partial charge in [0.1, 0.15) is 12.4 Å². The lowest BCUT2D eigenvalue weighted by atomic mass is 10.00. The van der Waals surface area contributed by atoms with Crippen LogP contribution in [0, 0.1) is 5.41 Å². The molecular formula is C19H18Cl2F3N3O3. The highest BCUT2D eigenvalue weighted by Crippen LogP contribution is 2.28. The van der Waals surface area contributed by atoms with Gasteiger partial charge in [0.2, 0.25) is 0 Å². The van der Waals surface area contributed by atoms with Crippen LogP contribution in [0.15, 0.2) is 36.4 Å². The van der Waals surface area contributed by atoms with Crippen LogP contribution < -0.4 is 10.5 Å². The molecule has 0 fully saturated rings. The van der Waals surface area contributed by atoms with Crippen LogP contribution in [-0.4, -0.2) is 34.7 Å². The van der Waals surface area contributed by atoms with Gasteiger partial charge in [-0.05, 0) is 35.7 Å². The van der Waals surface area contributed by atoms with Crippen LogP contribution >= 0.6 is 23.2 Å². The molecule has 0 unspecified atom stereocenters. The molecule has 1 aliphatic heterocycles. The number of nitrogens with zero attached hydrogens (tertiary/aromatic N) is 1. The van der Waals surface area contributed by atoms with Crippen molar-refractivity contribution in [3.63, 3.8) is 0 Å². The monoisotopic (exact) mass is 463 g/mol. The van der Waals surface area contributed by atoms with E-state index < -0.39 is 12.1 Å². The van der Waals surface area contributed by atoms with Gasteiger partial charge >= 0.3 is 12.1 Å². The Morgan fingerprint density at radius 3 is 2.50 bits per heavy atom. The van der Waals surface area contributed by atoms with Crippen LogP contribution in [0.4, 0.5) is 13.2 Å². The Kier molecular flexibility index (Phi) is 7.80. The van der Waals surface area contributed by atoms with E-state index in [2.05, 4.69) is 6.07 Å². The van der Waals surface area contributed by atoms with E-state index in [1.165, 1.54) is 5.56 Å². The van der Waals surface area contributed by atoms with Gasteiger partial charge in [0, 0.05) is 18.7 Å². The number of guanidine groups is 1. The lowest BCUT2D eigenvalue weighted by Crippen LogP contribution is -2.40. The Balaban J connectivity index is 0.000000396. The number of carboxylic acid groups (broad SMARTS) is 1. The molecule has 0 bridgehead atoms. The molecule has 0 aromatic heterocycles. The highest BCUT2D eigenvalue weighted by molar-refractivity contribution is 6.42. The molecule has 1 aliphatic rings. The normalized spacial score (nSPS) is 13.0. The fourth-order valence-electron chi connectivity index (χ4n) is 2.65. The molecule has 0 radical (unpaired) electrons. The topological polar surface area (TPSA) is 99.6 Å². The number of alkyl halides is 3. The van der Waals surface area contributed by atoms with Crippen molar-refractivity contribution in [3.05, 3.63) is 63.1 Å². The van der Waals surface area contributed by atoms with E-state index >= 15 is 0 Å². The Morgan fingerprint density at radius 1 is 1.23 bits per heavy atom. The summed E-state index contributed by atoms with van der Waals surface area (Å²) in [6.07, 6.45) is -4.20. The maximum atomic E-state index is 10.6. The summed E-state index contributed by atoms with van der Waals surface area (Å²) >= 11 is 12.2. The summed E-state index contributed by atoms with van der Waals surface area (Å²) in [6.45, 7) is 1.77. The van der Waals surface area contributed by atoms with Gasteiger partial charge in [-0.1, -0.05) is 41.4 Å². The highest BCUT2D eigenvalue weighted by atomic mass is 35.5. The second kappa shape index (κ2) is 9.90. The number of carboxylic acids is 1. The molecule has 2 aromatic rings. The number of carbonyl (C=O) groups is 1. The first-order valence-electron chi connectivity index (χ1n) is 8.55. The van der Waals surface area contributed by atoms with Crippen LogP contribution in [0.25, 0.3) is 0 Å². The van der Waals surface area contributed by atoms with E-state index in [4.69, 9.17) is 49.0 Å². The van der Waals surface area contributed by atoms with Crippen molar-refractivity contribution in [1.82, 2.24) is 4.90 Å². The van der Waals surface area contributed by atoms with Crippen LogP contribution in [0.5, 0.6) is 5.75 Å². The Morgan fingerprint density at radius 2 is 1.90 bits per heavy atom. The minimum atomic E-state index is -5.08. The average molecular weight is 464 g/mol. The Hall–Kier alpha value is -2.65. The van der Waals surface area contributed by atoms with Crippen molar-refractivity contribution in [2.45, 2.75) is 25.7 Å². The fraction of sp³-hybridized carbons (Fsp3) is 0.263. The summed E-state index contributed by atoms with van der Waals surface area (Å²) in [5.74, 6) is -1.88. The number of aliphatic carboxylic acids is 1. The zero-order valence-electron chi connectivity index (χ0n) is 15.5. The number of fused-ring (bicyclic) bond motifs is 1. The molecule has 30 heavy (non-hydrogen) atoms. The number of hydrogen-bond acceptors (Lipinski definition) is 3. The first kappa shape index (κ1) is 23.6. The van der Waals surface area contributed by atoms with Gasteiger partial charge in [0.05, 0.1) is 10.0 Å². The molecule has 0 atom stereocenters. The van der Waals surface area contributed by atoms with Crippen LogP contribution in [0.1, 0.15) is 16.7 Å². The van der Waals surface area contributed by atoms with Crippen molar-refractivity contribution in [2.75, 3.05) is 6.54 Å². The predicted octanol–water partition coefficient (Wildman–Crippen LogP) is 4.46. The summed E-state index contributed by atoms with van der Waals surface area (Å²) in [4.78, 5) is 10.7. The van der Waals surface area contributed by atoms with Crippen molar-refractivity contribution in [2.24, 2.45) is 5.73 Å². The molecule has 11 heteroatoms. The number of nitrogens with two attached hydrogens (primary N) is 1. The standard InChI is InChI=1S/C17H17Cl2N3O.C2HF3O2/c18-15-3-1-2-12(16(15)19)10-23-14-5-4-11-6-7-22(17(20)21)9-13(11)8-14;3-2(4,5)1(6)7/h1-5,8H,6-7,9-10H2,(H3,20,21);(H,6,7). The molecule has 2 aromatic carbocycles. The van der Waals surface area contributed by atoms with Crippen LogP contribution in [0.3, 0.4) is 0 Å². The Labute approximate surface area is 180 Å². The molecule has 1 heterocycles. The molecular weight excluding hydrogens is 446 g/mol. The van der Waals surface area contributed by atoms with E-state index in [9.17, 15) is 13.2 Å². The first-order chi connectivity index (χ1) is 14.0. The van der Waals surface area contributed by atoms with Gasteiger partial charge < -0.3 is 20.5 Å². The van der Waals surface area contributed by atoms with Gasteiger partial charge in [0.15, 0.2) is 5.96 Å². The van der Waals surface area contributed by atoms with Gasteiger partial charge in [-0.3, -0.25) is 5.41 Å². The number of halogens is 5. The summed E-state index contributed by atoms with van der Waals surface area (Å²) in [5, 5.41) is 15.7. The largest absolute Gasteiger partial charge is 0.490 e. The van der Waals surface area contributed by atoms with Crippen molar-refractivity contribution in [1.29, 1.82) is 5.41 Å². The maximum Gasteiger partial charge on any atom is 0.490 e. The highest BCUT2D eigenvalue weighted by Gasteiger charge is 2.38. The molecule has 0 saturated heterocycles. The van der Waals surface area contributed by atoms with E-state index in [-0.39, 0.29) is 5.96 Å². The van der Waals surface area contributed by atoms with Crippen molar-refractivity contribution >= 4 is 35.1 Å². The number of ether oxygens (including phenoxy) is 1. The lowest BCUT2D eigenvalue weighted by Gasteiger charge is -2.29. The fourth-order valence-corrected chi connectivity index (χ4v) is 3.02. The zero-order chi connectivity index (χ0) is 22.5. The van der Waals surface area contributed by atoms with E-state index in [0.717, 1.165) is 29.8 Å². The average Bonchev–Trinajstić information content (AvgIpc) is 2.68. The lowest BCUT2D eigenvalue weighted by molar-refractivity contribution is -0.192. The van der Waals surface area contributed by atoms with Gasteiger partial charge in [-0.2, -0.15) is 13.2 Å². The smallest absolute Gasteiger partial charge is 0.489 e. The van der Waals surface area contributed by atoms with Gasteiger partial charge in [-0.15, -0.1) is 0 Å². The van der Waals surface area contributed by atoms with E-state index in [1.807, 2.05) is 29.2 Å². The van der Waals surface area contributed by atoms with E-state index in [1.54, 1.807) is 6.07 Å². The third-order valence-electron chi connectivity index (χ3n) is 4.20. The van der Waals surface area contributed by atoms with Crippen LogP contribution in [-0.2, 0) is 24.4 Å². The molecule has 0 amide bonds. The SMILES string of the molecule is N=C(N)N1CCc2ccc(OCc3cccc(Cl)c3Cl)cc2C1.O=C(O)C(F)(F)F. The molecule has 6 nitrogen and oxygen atoms in total. The molecule has 162 valence electrons. The molecule has 4 N–H and O–H groups in total. The van der Waals surface area contributed by atoms with Gasteiger partial charge in [-0.25, -0.2) is 4.79 Å². The second-order valence-corrected chi connectivity index (χ2v) is 7.08. The van der Waals surface area contributed by atoms with Crippen molar-refractivity contribution < 1.29 is 27.8 Å². The molecule has 0 aliphatic carbocycles. The summed E-state index contributed by atoms with van der Waals surface area (Å²) in [5.41, 5.74) is 8.84. The summed E-state index contributed by atoms with van der Waals surface area (Å²) < 4.78 is 37.6. The molecule has 0 saturated carbocycles.